The summed E-state index contributed by atoms with van der Waals surface area (Å²) < 4.78 is 5.48. The van der Waals surface area contributed by atoms with Crippen molar-refractivity contribution in [3.63, 3.8) is 0 Å². The van der Waals surface area contributed by atoms with Gasteiger partial charge in [0.1, 0.15) is 0 Å². The first-order valence-electron chi connectivity index (χ1n) is 8.22. The molecular weight excluding hydrogens is 250 g/mol. The Bertz CT molecular complexity index is 248. The third-order valence-electron chi connectivity index (χ3n) is 4.18. The summed E-state index contributed by atoms with van der Waals surface area (Å²) in [5.74, 6) is 0.704. The lowest BCUT2D eigenvalue weighted by atomic mass is 10.1. The molecule has 1 N–H and O–H groups in total. The van der Waals surface area contributed by atoms with Crippen LogP contribution in [0.4, 0.5) is 0 Å². The SMILES string of the molecule is CCC1CN(C)CCCN1C(CNCC(C)C)COC. The van der Waals surface area contributed by atoms with Crippen LogP contribution in [0.3, 0.4) is 0 Å². The van der Waals surface area contributed by atoms with E-state index >= 15 is 0 Å². The van der Waals surface area contributed by atoms with E-state index in [1.807, 2.05) is 7.11 Å². The molecule has 0 aliphatic carbocycles. The largest absolute Gasteiger partial charge is 0.383 e. The number of rotatable bonds is 8. The Morgan fingerprint density at radius 1 is 1.25 bits per heavy atom. The van der Waals surface area contributed by atoms with Gasteiger partial charge in [0.25, 0.3) is 0 Å². The smallest absolute Gasteiger partial charge is 0.0630 e. The lowest BCUT2D eigenvalue weighted by Gasteiger charge is -2.37. The van der Waals surface area contributed by atoms with Crippen molar-refractivity contribution in [2.75, 3.05) is 53.5 Å². The average Bonchev–Trinajstić information content (AvgIpc) is 2.58. The summed E-state index contributed by atoms with van der Waals surface area (Å²) in [5.41, 5.74) is 0. The molecule has 0 radical (unpaired) electrons. The molecule has 20 heavy (non-hydrogen) atoms. The van der Waals surface area contributed by atoms with Crippen LogP contribution in [-0.4, -0.2) is 75.4 Å². The van der Waals surface area contributed by atoms with Gasteiger partial charge >= 0.3 is 0 Å². The molecule has 1 heterocycles. The molecule has 1 aliphatic rings. The number of hydrogen-bond acceptors (Lipinski definition) is 4. The van der Waals surface area contributed by atoms with E-state index in [2.05, 4.69) is 42.9 Å². The van der Waals surface area contributed by atoms with E-state index < -0.39 is 0 Å². The Balaban J connectivity index is 2.60. The maximum atomic E-state index is 5.48. The number of methoxy groups -OCH3 is 1. The summed E-state index contributed by atoms with van der Waals surface area (Å²) >= 11 is 0. The second-order valence-corrected chi connectivity index (χ2v) is 6.58. The highest BCUT2D eigenvalue weighted by molar-refractivity contribution is 4.84. The van der Waals surface area contributed by atoms with Gasteiger partial charge in [0.15, 0.2) is 0 Å². The summed E-state index contributed by atoms with van der Waals surface area (Å²) in [4.78, 5) is 5.15. The molecule has 1 saturated heterocycles. The van der Waals surface area contributed by atoms with Gasteiger partial charge in [-0.15, -0.1) is 0 Å². The van der Waals surface area contributed by atoms with E-state index in [0.29, 0.717) is 18.0 Å². The number of nitrogens with zero attached hydrogens (tertiary/aromatic N) is 2. The van der Waals surface area contributed by atoms with E-state index in [0.717, 1.165) is 19.7 Å². The Morgan fingerprint density at radius 3 is 2.60 bits per heavy atom. The number of likely N-dealkylation sites (N-methyl/N-ethyl adjacent to an activating group) is 1. The molecule has 0 bridgehead atoms. The highest BCUT2D eigenvalue weighted by Gasteiger charge is 2.28. The van der Waals surface area contributed by atoms with Crippen molar-refractivity contribution in [2.45, 2.75) is 45.7 Å². The van der Waals surface area contributed by atoms with Crippen LogP contribution in [0.2, 0.25) is 0 Å². The second kappa shape index (κ2) is 9.72. The molecule has 120 valence electrons. The Hall–Kier alpha value is -0.160. The van der Waals surface area contributed by atoms with Crippen LogP contribution in [0.25, 0.3) is 0 Å². The maximum absolute atomic E-state index is 5.48. The Labute approximate surface area is 125 Å². The van der Waals surface area contributed by atoms with Crippen LogP contribution < -0.4 is 5.32 Å². The van der Waals surface area contributed by atoms with E-state index in [9.17, 15) is 0 Å². The van der Waals surface area contributed by atoms with Gasteiger partial charge in [-0.1, -0.05) is 20.8 Å². The summed E-state index contributed by atoms with van der Waals surface area (Å²) in [5, 5.41) is 3.61. The zero-order valence-corrected chi connectivity index (χ0v) is 14.2. The third kappa shape index (κ3) is 6.08. The van der Waals surface area contributed by atoms with E-state index in [1.165, 1.54) is 32.5 Å². The van der Waals surface area contributed by atoms with Crippen LogP contribution in [0.15, 0.2) is 0 Å². The molecule has 0 aromatic rings. The quantitative estimate of drug-likeness (QED) is 0.734. The molecule has 4 nitrogen and oxygen atoms in total. The van der Waals surface area contributed by atoms with Crippen LogP contribution in [-0.2, 0) is 4.74 Å². The fourth-order valence-corrected chi connectivity index (χ4v) is 3.11. The van der Waals surface area contributed by atoms with Gasteiger partial charge in [-0.25, -0.2) is 0 Å². The Morgan fingerprint density at radius 2 is 2.00 bits per heavy atom. The van der Waals surface area contributed by atoms with Crippen LogP contribution in [0, 0.1) is 5.92 Å². The van der Waals surface area contributed by atoms with E-state index in [1.54, 1.807) is 0 Å². The van der Waals surface area contributed by atoms with Crippen LogP contribution in [0.1, 0.15) is 33.6 Å². The monoisotopic (exact) mass is 285 g/mol. The van der Waals surface area contributed by atoms with Gasteiger partial charge in [-0.3, -0.25) is 4.90 Å². The number of nitrogens with one attached hydrogen (secondary N) is 1. The number of ether oxygens (including phenoxy) is 1. The van der Waals surface area contributed by atoms with Crippen molar-refractivity contribution in [3.8, 4) is 0 Å². The molecule has 4 heteroatoms. The summed E-state index contributed by atoms with van der Waals surface area (Å²) in [6.07, 6.45) is 2.48. The summed E-state index contributed by atoms with van der Waals surface area (Å²) in [6.45, 7) is 13.4. The first-order chi connectivity index (χ1) is 9.58. The molecule has 1 aliphatic heterocycles. The lowest BCUT2D eigenvalue weighted by molar-refractivity contribution is 0.0589. The normalized spacial score (nSPS) is 24.0. The average molecular weight is 285 g/mol. The van der Waals surface area contributed by atoms with E-state index in [4.69, 9.17) is 4.74 Å². The minimum Gasteiger partial charge on any atom is -0.383 e. The van der Waals surface area contributed by atoms with Crippen molar-refractivity contribution >= 4 is 0 Å². The Kier molecular flexibility index (Phi) is 8.69. The van der Waals surface area contributed by atoms with Crippen molar-refractivity contribution < 1.29 is 4.74 Å². The standard InChI is InChI=1S/C16H35N3O/c1-6-15-12-18(4)8-7-9-19(15)16(13-20-5)11-17-10-14(2)3/h14-17H,6-13H2,1-5H3. The molecule has 1 fully saturated rings. The molecule has 1 rings (SSSR count). The topological polar surface area (TPSA) is 27.7 Å². The van der Waals surface area contributed by atoms with Gasteiger partial charge in [0, 0.05) is 38.8 Å². The first-order valence-corrected chi connectivity index (χ1v) is 8.22. The van der Waals surface area contributed by atoms with Crippen LogP contribution >= 0.6 is 0 Å². The summed E-state index contributed by atoms with van der Waals surface area (Å²) in [7, 11) is 4.06. The highest BCUT2D eigenvalue weighted by Crippen LogP contribution is 2.15. The van der Waals surface area contributed by atoms with Crippen molar-refractivity contribution in [2.24, 2.45) is 5.92 Å². The number of hydrogen-bond donors (Lipinski definition) is 1. The fraction of sp³-hybridized carbons (Fsp3) is 1.00. The molecule has 0 saturated carbocycles. The molecule has 2 unspecified atom stereocenters. The minimum absolute atomic E-state index is 0.496. The second-order valence-electron chi connectivity index (χ2n) is 6.58. The van der Waals surface area contributed by atoms with Gasteiger partial charge in [0.2, 0.25) is 0 Å². The maximum Gasteiger partial charge on any atom is 0.0630 e. The molecule has 0 spiro atoms. The van der Waals surface area contributed by atoms with E-state index in [-0.39, 0.29) is 0 Å². The fourth-order valence-electron chi connectivity index (χ4n) is 3.11. The predicted molar refractivity (Wildman–Crippen MR) is 86.3 cm³/mol. The first kappa shape index (κ1) is 17.9. The molecule has 0 aromatic heterocycles. The molecule has 2 atom stereocenters. The van der Waals surface area contributed by atoms with Gasteiger partial charge in [-0.05, 0) is 38.9 Å². The zero-order valence-electron chi connectivity index (χ0n) is 14.2. The van der Waals surface area contributed by atoms with Crippen molar-refractivity contribution in [1.82, 2.24) is 15.1 Å². The minimum atomic E-state index is 0.496. The van der Waals surface area contributed by atoms with Gasteiger partial charge in [-0.2, -0.15) is 0 Å². The lowest BCUT2D eigenvalue weighted by Crippen LogP contribution is -2.52. The third-order valence-corrected chi connectivity index (χ3v) is 4.18. The highest BCUT2D eigenvalue weighted by atomic mass is 16.5. The van der Waals surface area contributed by atoms with Crippen LogP contribution in [0.5, 0.6) is 0 Å². The molecule has 0 amide bonds. The molecular formula is C16H35N3O. The van der Waals surface area contributed by atoms with Gasteiger partial charge < -0.3 is 15.0 Å². The van der Waals surface area contributed by atoms with Gasteiger partial charge in [0.05, 0.1) is 6.61 Å². The van der Waals surface area contributed by atoms with Crippen molar-refractivity contribution in [1.29, 1.82) is 0 Å². The van der Waals surface area contributed by atoms with Crippen molar-refractivity contribution in [3.05, 3.63) is 0 Å². The predicted octanol–water partition coefficient (Wildman–Crippen LogP) is 1.66. The summed E-state index contributed by atoms with van der Waals surface area (Å²) in [6, 6.07) is 1.15. The molecule has 0 aromatic carbocycles. The zero-order chi connectivity index (χ0) is 15.0.